The van der Waals surface area contributed by atoms with Crippen molar-refractivity contribution in [2.24, 2.45) is 24.8 Å². The Bertz CT molecular complexity index is 1160. The van der Waals surface area contributed by atoms with Crippen LogP contribution in [0.3, 0.4) is 0 Å². The summed E-state index contributed by atoms with van der Waals surface area (Å²) >= 11 is 0. The van der Waals surface area contributed by atoms with E-state index in [2.05, 4.69) is 10.4 Å². The van der Waals surface area contributed by atoms with Crippen LogP contribution in [-0.4, -0.2) is 66.9 Å². The fourth-order valence-corrected chi connectivity index (χ4v) is 8.22. The minimum atomic E-state index is -3.61. The van der Waals surface area contributed by atoms with Crippen molar-refractivity contribution in [1.82, 2.24) is 20.0 Å². The Morgan fingerprint density at radius 3 is 2.67 bits per heavy atom. The van der Waals surface area contributed by atoms with Crippen molar-refractivity contribution in [2.75, 3.05) is 26.3 Å². The molecule has 2 aliphatic heterocycles. The van der Waals surface area contributed by atoms with Gasteiger partial charge in [0.15, 0.2) is 5.03 Å². The first-order valence-corrected chi connectivity index (χ1v) is 14.4. The first kappa shape index (κ1) is 25.2. The Hall–Kier alpha value is -2.43. The van der Waals surface area contributed by atoms with Crippen molar-refractivity contribution < 1.29 is 22.7 Å². The van der Waals surface area contributed by atoms with Crippen LogP contribution >= 0.6 is 0 Å². The minimum absolute atomic E-state index is 0.0424. The number of carbonyl (C=O) groups excluding carboxylic acids is 1. The van der Waals surface area contributed by atoms with E-state index >= 15 is 0 Å². The quantitative estimate of drug-likeness (QED) is 0.604. The summed E-state index contributed by atoms with van der Waals surface area (Å²) in [6.07, 6.45) is 2.94. The molecule has 1 aliphatic carbocycles. The monoisotopic (exact) mass is 516 g/mol. The maximum atomic E-state index is 13.6. The SMILES string of the molecule is Cc1cc(S(=O)(=O)[C@@H]2NC[C@H]3C[C@H](N(CC4CCOCC4)C(=O)OCc4ccccc4)C[C@@H]32)n(C)n1. The third kappa shape index (κ3) is 5.17. The summed E-state index contributed by atoms with van der Waals surface area (Å²) in [6.45, 7) is 4.69. The number of rotatable bonds is 7. The van der Waals surface area contributed by atoms with Crippen LogP contribution in [0.15, 0.2) is 41.4 Å². The molecule has 0 spiro atoms. The number of aryl methyl sites for hydroxylation is 2. The van der Waals surface area contributed by atoms with Crippen LogP contribution in [0.2, 0.25) is 0 Å². The molecule has 196 valence electrons. The number of nitrogens with one attached hydrogen (secondary N) is 1. The minimum Gasteiger partial charge on any atom is -0.445 e. The molecule has 3 aliphatic rings. The maximum absolute atomic E-state index is 13.6. The first-order valence-electron chi connectivity index (χ1n) is 12.9. The molecule has 1 saturated carbocycles. The van der Waals surface area contributed by atoms with Gasteiger partial charge in [-0.3, -0.25) is 4.68 Å². The topological polar surface area (TPSA) is 103 Å². The van der Waals surface area contributed by atoms with E-state index in [1.54, 1.807) is 20.0 Å². The second-order valence-corrected chi connectivity index (χ2v) is 12.4. The molecule has 2 saturated heterocycles. The van der Waals surface area contributed by atoms with Crippen molar-refractivity contribution in [3.8, 4) is 0 Å². The molecule has 3 fully saturated rings. The number of hydrogen-bond acceptors (Lipinski definition) is 7. The summed E-state index contributed by atoms with van der Waals surface area (Å²) in [6, 6.07) is 11.3. The molecule has 2 aromatic rings. The van der Waals surface area contributed by atoms with E-state index in [4.69, 9.17) is 9.47 Å². The third-order valence-electron chi connectivity index (χ3n) is 7.96. The highest BCUT2D eigenvalue weighted by Gasteiger charge is 2.51. The smallest absolute Gasteiger partial charge is 0.410 e. The Kier molecular flexibility index (Phi) is 7.37. The molecule has 0 unspecified atom stereocenters. The standard InChI is InChI=1S/C26H36N4O5S/c1-18-12-24(29(2)28-18)36(32,33)25-23-14-22(13-21(23)15-27-25)30(16-19-8-10-34-11-9-19)26(31)35-17-20-6-4-3-5-7-20/h3-7,12,19,21-23,25,27H,8-11,13-17H2,1-2H3/t21-,22+,23+,25+/m1/s1. The fraction of sp³-hybridized carbons (Fsp3) is 0.615. The van der Waals surface area contributed by atoms with Gasteiger partial charge in [-0.1, -0.05) is 30.3 Å². The van der Waals surface area contributed by atoms with Gasteiger partial charge >= 0.3 is 6.09 Å². The molecule has 1 N–H and O–H groups in total. The van der Waals surface area contributed by atoms with Gasteiger partial charge in [-0.05, 0) is 68.5 Å². The summed E-state index contributed by atoms with van der Waals surface area (Å²) in [4.78, 5) is 15.3. The predicted octanol–water partition coefficient (Wildman–Crippen LogP) is 2.89. The molecule has 3 heterocycles. The van der Waals surface area contributed by atoms with E-state index < -0.39 is 15.2 Å². The Labute approximate surface area is 213 Å². The Morgan fingerprint density at radius 2 is 1.97 bits per heavy atom. The van der Waals surface area contributed by atoms with Gasteiger partial charge < -0.3 is 19.7 Å². The van der Waals surface area contributed by atoms with E-state index in [0.717, 1.165) is 24.8 Å². The molecule has 1 amide bonds. The zero-order valence-electron chi connectivity index (χ0n) is 21.0. The molecule has 0 radical (unpaired) electrons. The van der Waals surface area contributed by atoms with Gasteiger partial charge in [0, 0.05) is 32.8 Å². The van der Waals surface area contributed by atoms with Gasteiger partial charge in [-0.15, -0.1) is 0 Å². The van der Waals surface area contributed by atoms with Crippen molar-refractivity contribution in [3.05, 3.63) is 47.7 Å². The van der Waals surface area contributed by atoms with Crippen molar-refractivity contribution >= 4 is 15.9 Å². The normalized spacial score (nSPS) is 26.6. The summed E-state index contributed by atoms with van der Waals surface area (Å²) in [5, 5.41) is 7.08. The lowest BCUT2D eigenvalue weighted by Gasteiger charge is -2.34. The van der Waals surface area contributed by atoms with Crippen molar-refractivity contribution in [1.29, 1.82) is 0 Å². The van der Waals surface area contributed by atoms with Crippen LogP contribution in [0.25, 0.3) is 0 Å². The largest absolute Gasteiger partial charge is 0.445 e. The first-order chi connectivity index (χ1) is 17.3. The average Bonchev–Trinajstić information content (AvgIpc) is 3.56. The van der Waals surface area contributed by atoms with Crippen LogP contribution in [0.4, 0.5) is 4.79 Å². The molecule has 1 aromatic carbocycles. The Morgan fingerprint density at radius 1 is 1.22 bits per heavy atom. The van der Waals surface area contributed by atoms with Crippen LogP contribution in [0.5, 0.6) is 0 Å². The molecule has 10 heteroatoms. The van der Waals surface area contributed by atoms with E-state index in [9.17, 15) is 13.2 Å². The van der Waals surface area contributed by atoms with E-state index in [1.165, 1.54) is 4.68 Å². The van der Waals surface area contributed by atoms with Crippen LogP contribution in [0.1, 0.15) is 36.9 Å². The summed E-state index contributed by atoms with van der Waals surface area (Å²) in [5.41, 5.74) is 1.63. The van der Waals surface area contributed by atoms with Crippen LogP contribution in [-0.2, 0) is 33.0 Å². The zero-order valence-corrected chi connectivity index (χ0v) is 21.8. The van der Waals surface area contributed by atoms with E-state index in [0.29, 0.717) is 44.3 Å². The van der Waals surface area contributed by atoms with Crippen molar-refractivity contribution in [2.45, 2.75) is 55.7 Å². The fourth-order valence-electron chi connectivity index (χ4n) is 6.11. The lowest BCUT2D eigenvalue weighted by Crippen LogP contribution is -2.45. The molecule has 36 heavy (non-hydrogen) atoms. The number of hydrogen-bond donors (Lipinski definition) is 1. The van der Waals surface area contributed by atoms with Gasteiger partial charge in [-0.25, -0.2) is 13.2 Å². The third-order valence-corrected chi connectivity index (χ3v) is 10.1. The predicted molar refractivity (Wildman–Crippen MR) is 134 cm³/mol. The second kappa shape index (κ2) is 10.5. The average molecular weight is 517 g/mol. The summed E-state index contributed by atoms with van der Waals surface area (Å²) in [5.74, 6) is 0.496. The Balaban J connectivity index is 1.32. The summed E-state index contributed by atoms with van der Waals surface area (Å²) in [7, 11) is -1.94. The van der Waals surface area contributed by atoms with E-state index in [1.807, 2.05) is 35.2 Å². The number of benzene rings is 1. The second-order valence-electron chi connectivity index (χ2n) is 10.4. The number of fused-ring (bicyclic) bond motifs is 1. The zero-order chi connectivity index (χ0) is 25.3. The molecular weight excluding hydrogens is 480 g/mol. The molecule has 4 atom stereocenters. The van der Waals surface area contributed by atoms with E-state index in [-0.39, 0.29) is 35.6 Å². The molecular formula is C26H36N4O5S. The number of aromatic nitrogens is 2. The number of ether oxygens (including phenoxy) is 2. The van der Waals surface area contributed by atoms with Gasteiger partial charge in [0.25, 0.3) is 0 Å². The highest BCUT2D eigenvalue weighted by Crippen LogP contribution is 2.43. The number of carbonyl (C=O) groups is 1. The maximum Gasteiger partial charge on any atom is 0.410 e. The number of sulfone groups is 1. The van der Waals surface area contributed by atoms with Gasteiger partial charge in [0.2, 0.25) is 9.84 Å². The highest BCUT2D eigenvalue weighted by molar-refractivity contribution is 7.92. The molecule has 9 nitrogen and oxygen atoms in total. The number of nitrogens with zero attached hydrogens (tertiary/aromatic N) is 3. The summed E-state index contributed by atoms with van der Waals surface area (Å²) < 4.78 is 39.8. The highest BCUT2D eigenvalue weighted by atomic mass is 32.2. The lowest BCUT2D eigenvalue weighted by molar-refractivity contribution is 0.0352. The van der Waals surface area contributed by atoms with Crippen LogP contribution in [0, 0.1) is 24.7 Å². The molecule has 1 aromatic heterocycles. The molecule has 0 bridgehead atoms. The number of amides is 1. The lowest BCUT2D eigenvalue weighted by atomic mass is 9.98. The van der Waals surface area contributed by atoms with Gasteiger partial charge in [-0.2, -0.15) is 5.10 Å². The van der Waals surface area contributed by atoms with Gasteiger partial charge in [0.1, 0.15) is 12.0 Å². The van der Waals surface area contributed by atoms with Crippen molar-refractivity contribution in [3.63, 3.8) is 0 Å². The van der Waals surface area contributed by atoms with Crippen LogP contribution < -0.4 is 5.32 Å². The molecule has 5 rings (SSSR count). The van der Waals surface area contributed by atoms with Gasteiger partial charge in [0.05, 0.1) is 5.69 Å².